The second kappa shape index (κ2) is 3.24. The molecule has 0 aromatic rings. The maximum Gasteiger partial charge on any atom is 0.217 e. The minimum atomic E-state index is -3.15. The average Bonchev–Trinajstić information content (AvgIpc) is 2.70. The molecule has 0 heterocycles. The minimum absolute atomic E-state index is 0.128. The second-order valence-corrected chi connectivity index (χ2v) is 6.95. The molecule has 1 N–H and O–H groups in total. The minimum Gasteiger partial charge on any atom is -0.212 e. The van der Waals surface area contributed by atoms with E-state index in [4.69, 9.17) is 0 Å². The first-order valence-electron chi connectivity index (χ1n) is 4.79. The standard InChI is InChI=1S/C9H19NO2S/c1-7(2)9(3,4)13(11,12)10-8-5-6-8/h7-8,10H,5-6H2,1-4H3. The summed E-state index contributed by atoms with van der Waals surface area (Å²) in [7, 11) is -3.15. The van der Waals surface area contributed by atoms with Gasteiger partial charge in [-0.2, -0.15) is 0 Å². The quantitative estimate of drug-likeness (QED) is 0.756. The molecular formula is C9H19NO2S. The van der Waals surface area contributed by atoms with E-state index in [1.165, 1.54) is 0 Å². The van der Waals surface area contributed by atoms with Gasteiger partial charge in [0.2, 0.25) is 10.0 Å². The molecule has 1 saturated carbocycles. The fraction of sp³-hybridized carbons (Fsp3) is 1.00. The Morgan fingerprint density at radius 1 is 1.31 bits per heavy atom. The predicted molar refractivity (Wildman–Crippen MR) is 54.0 cm³/mol. The number of hydrogen-bond acceptors (Lipinski definition) is 2. The van der Waals surface area contributed by atoms with Crippen LogP contribution in [0.5, 0.6) is 0 Å². The first-order chi connectivity index (χ1) is 5.77. The van der Waals surface area contributed by atoms with Gasteiger partial charge in [0.05, 0.1) is 4.75 Å². The average molecular weight is 205 g/mol. The van der Waals surface area contributed by atoms with Gasteiger partial charge in [0, 0.05) is 6.04 Å². The molecule has 1 aliphatic rings. The molecule has 0 aromatic heterocycles. The summed E-state index contributed by atoms with van der Waals surface area (Å²) in [6.07, 6.45) is 1.99. The molecule has 4 heteroatoms. The monoisotopic (exact) mass is 205 g/mol. The molecule has 1 fully saturated rings. The second-order valence-electron chi connectivity index (χ2n) is 4.65. The van der Waals surface area contributed by atoms with E-state index in [1.54, 1.807) is 13.8 Å². The van der Waals surface area contributed by atoms with E-state index in [0.29, 0.717) is 0 Å². The van der Waals surface area contributed by atoms with Gasteiger partial charge in [0.25, 0.3) is 0 Å². The Bertz CT molecular complexity index is 276. The Morgan fingerprint density at radius 2 is 1.77 bits per heavy atom. The van der Waals surface area contributed by atoms with Crippen LogP contribution < -0.4 is 4.72 Å². The van der Waals surface area contributed by atoms with E-state index in [0.717, 1.165) is 12.8 Å². The van der Waals surface area contributed by atoms with Crippen molar-refractivity contribution < 1.29 is 8.42 Å². The molecule has 0 unspecified atom stereocenters. The maximum absolute atomic E-state index is 11.8. The van der Waals surface area contributed by atoms with Crippen molar-refractivity contribution in [2.75, 3.05) is 0 Å². The van der Waals surface area contributed by atoms with Gasteiger partial charge in [-0.1, -0.05) is 13.8 Å². The van der Waals surface area contributed by atoms with E-state index in [-0.39, 0.29) is 12.0 Å². The van der Waals surface area contributed by atoms with Gasteiger partial charge in [-0.15, -0.1) is 0 Å². The fourth-order valence-electron chi connectivity index (χ4n) is 0.883. The van der Waals surface area contributed by atoms with Crippen molar-refractivity contribution >= 4 is 10.0 Å². The van der Waals surface area contributed by atoms with Crippen LogP contribution in [0.25, 0.3) is 0 Å². The molecular weight excluding hydrogens is 186 g/mol. The lowest BCUT2D eigenvalue weighted by Gasteiger charge is -2.28. The zero-order valence-electron chi connectivity index (χ0n) is 8.79. The first-order valence-corrected chi connectivity index (χ1v) is 6.27. The van der Waals surface area contributed by atoms with Crippen LogP contribution in [-0.2, 0) is 10.0 Å². The Kier molecular flexibility index (Phi) is 2.74. The van der Waals surface area contributed by atoms with Crippen LogP contribution in [0.3, 0.4) is 0 Å². The highest BCUT2D eigenvalue weighted by Crippen LogP contribution is 2.28. The summed E-state index contributed by atoms with van der Waals surface area (Å²) in [4.78, 5) is 0. The van der Waals surface area contributed by atoms with Crippen molar-refractivity contribution in [3.05, 3.63) is 0 Å². The van der Waals surface area contributed by atoms with Crippen LogP contribution in [-0.4, -0.2) is 19.2 Å². The highest BCUT2D eigenvalue weighted by Gasteiger charge is 2.40. The largest absolute Gasteiger partial charge is 0.217 e. The van der Waals surface area contributed by atoms with Gasteiger partial charge >= 0.3 is 0 Å². The highest BCUT2D eigenvalue weighted by atomic mass is 32.2. The fourth-order valence-corrected chi connectivity index (χ4v) is 2.48. The third kappa shape index (κ3) is 2.23. The maximum atomic E-state index is 11.8. The molecule has 0 aliphatic heterocycles. The van der Waals surface area contributed by atoms with Gasteiger partial charge in [-0.25, -0.2) is 13.1 Å². The molecule has 0 spiro atoms. The Morgan fingerprint density at radius 3 is 2.08 bits per heavy atom. The Hall–Kier alpha value is -0.0900. The van der Waals surface area contributed by atoms with Crippen LogP contribution in [0.15, 0.2) is 0 Å². The Balaban J connectivity index is 2.77. The van der Waals surface area contributed by atoms with E-state index in [2.05, 4.69) is 4.72 Å². The highest BCUT2D eigenvalue weighted by molar-refractivity contribution is 7.90. The molecule has 13 heavy (non-hydrogen) atoms. The summed E-state index contributed by atoms with van der Waals surface area (Å²) < 4.78 is 25.7. The summed E-state index contributed by atoms with van der Waals surface area (Å²) in [6.45, 7) is 7.43. The summed E-state index contributed by atoms with van der Waals surface area (Å²) in [6, 6.07) is 0.211. The van der Waals surface area contributed by atoms with E-state index in [1.807, 2.05) is 13.8 Å². The molecule has 0 atom stereocenters. The summed E-state index contributed by atoms with van der Waals surface area (Å²) >= 11 is 0. The number of sulfonamides is 1. The van der Waals surface area contributed by atoms with Gasteiger partial charge in [-0.3, -0.25) is 0 Å². The molecule has 0 radical (unpaired) electrons. The van der Waals surface area contributed by atoms with E-state index in [9.17, 15) is 8.42 Å². The third-order valence-electron chi connectivity index (χ3n) is 2.98. The smallest absolute Gasteiger partial charge is 0.212 e. The lowest BCUT2D eigenvalue weighted by molar-refractivity contribution is 0.446. The molecule has 78 valence electrons. The molecule has 0 aromatic carbocycles. The van der Waals surface area contributed by atoms with Crippen LogP contribution in [0.4, 0.5) is 0 Å². The van der Waals surface area contributed by atoms with E-state index >= 15 is 0 Å². The molecule has 1 aliphatic carbocycles. The third-order valence-corrected chi connectivity index (χ3v) is 5.48. The number of hydrogen-bond donors (Lipinski definition) is 1. The van der Waals surface area contributed by atoms with Crippen LogP contribution in [0.2, 0.25) is 0 Å². The molecule has 3 nitrogen and oxygen atoms in total. The van der Waals surface area contributed by atoms with E-state index < -0.39 is 14.8 Å². The van der Waals surface area contributed by atoms with Crippen LogP contribution in [0.1, 0.15) is 40.5 Å². The molecule has 0 bridgehead atoms. The summed E-state index contributed by atoms with van der Waals surface area (Å²) in [5, 5.41) is 0. The topological polar surface area (TPSA) is 46.2 Å². The van der Waals surface area contributed by atoms with Crippen LogP contribution in [0, 0.1) is 5.92 Å². The molecule has 0 saturated heterocycles. The van der Waals surface area contributed by atoms with Gasteiger partial charge in [-0.05, 0) is 32.6 Å². The van der Waals surface area contributed by atoms with Crippen molar-refractivity contribution in [2.45, 2.75) is 51.3 Å². The summed E-state index contributed by atoms with van der Waals surface area (Å²) in [5.41, 5.74) is 0. The lowest BCUT2D eigenvalue weighted by Crippen LogP contribution is -2.46. The van der Waals surface area contributed by atoms with Crippen molar-refractivity contribution in [2.24, 2.45) is 5.92 Å². The van der Waals surface area contributed by atoms with Gasteiger partial charge in [0.15, 0.2) is 0 Å². The number of rotatable bonds is 4. The van der Waals surface area contributed by atoms with Gasteiger partial charge in [0.1, 0.15) is 0 Å². The first kappa shape index (κ1) is 11.0. The predicted octanol–water partition coefficient (Wildman–Crippen LogP) is 1.50. The zero-order valence-corrected chi connectivity index (χ0v) is 9.61. The van der Waals surface area contributed by atoms with Crippen LogP contribution >= 0.6 is 0 Å². The molecule has 1 rings (SSSR count). The normalized spacial score (nSPS) is 19.5. The van der Waals surface area contributed by atoms with Gasteiger partial charge < -0.3 is 0 Å². The Labute approximate surface area is 81.0 Å². The molecule has 0 amide bonds. The van der Waals surface area contributed by atoms with Crippen molar-refractivity contribution in [1.29, 1.82) is 0 Å². The zero-order chi connectivity index (χ0) is 10.3. The van der Waals surface area contributed by atoms with Crippen molar-refractivity contribution in [3.63, 3.8) is 0 Å². The lowest BCUT2D eigenvalue weighted by atomic mass is 10.00. The summed E-state index contributed by atoms with van der Waals surface area (Å²) in [5.74, 6) is 0.128. The SMILES string of the molecule is CC(C)C(C)(C)S(=O)(=O)NC1CC1. The number of nitrogens with one attached hydrogen (secondary N) is 1. The van der Waals surface area contributed by atoms with Crippen molar-refractivity contribution in [1.82, 2.24) is 4.72 Å². The van der Waals surface area contributed by atoms with Crippen molar-refractivity contribution in [3.8, 4) is 0 Å².